The minimum Gasteiger partial charge on any atom is -0.315 e. The third-order valence-electron chi connectivity index (χ3n) is 9.86. The summed E-state index contributed by atoms with van der Waals surface area (Å²) in [5.41, 5.74) is 12.2. The molecule has 0 aliphatic carbocycles. The van der Waals surface area contributed by atoms with Crippen LogP contribution in [0.25, 0.3) is 22.4 Å². The summed E-state index contributed by atoms with van der Waals surface area (Å²) in [7, 11) is 0. The Hall–Kier alpha value is -4.18. The van der Waals surface area contributed by atoms with E-state index in [0.717, 1.165) is 22.4 Å². The molecule has 2 aliphatic heterocycles. The molecule has 0 N–H and O–H groups in total. The number of fused-ring (bicyclic) bond motifs is 5. The molecule has 9 rings (SSSR count). The van der Waals surface area contributed by atoms with Crippen LogP contribution in [0.2, 0.25) is 11.5 Å². The quantitative estimate of drug-likeness (QED) is 0.0968. The molecule has 5 heteroatoms. The van der Waals surface area contributed by atoms with Gasteiger partial charge in [-0.1, -0.05) is 42.0 Å². The van der Waals surface area contributed by atoms with Crippen LogP contribution in [0.1, 0.15) is 30.5 Å². The average molecular weight is 862 g/mol. The van der Waals surface area contributed by atoms with Gasteiger partial charge in [0.1, 0.15) is 0 Å². The van der Waals surface area contributed by atoms with E-state index in [4.69, 9.17) is 0 Å². The maximum atomic E-state index is 3.57. The third kappa shape index (κ3) is 5.11. The molecule has 236 valence electrons. The van der Waals surface area contributed by atoms with Crippen molar-refractivity contribution in [3.8, 4) is 11.4 Å². The van der Waals surface area contributed by atoms with Crippen LogP contribution in [0.4, 0.5) is 17.1 Å². The maximum Gasteiger partial charge on any atom is 4.00 e. The molecule has 0 spiro atoms. The zero-order valence-corrected chi connectivity index (χ0v) is 32.2. The molecule has 6 aromatic carbocycles. The second-order valence-corrected chi connectivity index (χ2v) is 22.6. The summed E-state index contributed by atoms with van der Waals surface area (Å²) >= 11 is -2.36. The molecular formula is C43H36GeN3Pt+. The number of nitrogens with zero attached hydrogens (tertiary/aromatic N) is 3. The molecule has 7 aromatic rings. The van der Waals surface area contributed by atoms with Gasteiger partial charge < -0.3 is 4.57 Å². The maximum absolute atomic E-state index is 3.57. The van der Waals surface area contributed by atoms with Gasteiger partial charge in [-0.3, -0.25) is 4.57 Å². The van der Waals surface area contributed by atoms with Crippen LogP contribution >= 0.6 is 0 Å². The number of aromatic nitrogens is 2. The molecule has 0 fully saturated rings. The molecule has 0 saturated heterocycles. The summed E-state index contributed by atoms with van der Waals surface area (Å²) in [5, 5.41) is 0. The van der Waals surface area contributed by atoms with E-state index in [-0.39, 0.29) is 26.5 Å². The number of aryl methyl sites for hydroxylation is 1. The number of benzene rings is 6. The normalized spacial score (nSPS) is 14.5. The number of anilines is 3. The molecule has 0 saturated carbocycles. The largest absolute Gasteiger partial charge is 4.00 e. The van der Waals surface area contributed by atoms with E-state index in [1.165, 1.54) is 38.1 Å². The first-order chi connectivity index (χ1) is 22.8. The van der Waals surface area contributed by atoms with E-state index in [1.807, 2.05) is 36.4 Å². The monoisotopic (exact) mass is 863 g/mol. The molecule has 3 nitrogen and oxygen atoms in total. The fraction of sp³-hybridized carbons (Fsp3) is 0.140. The summed E-state index contributed by atoms with van der Waals surface area (Å²) in [5.74, 6) is 5.02. The Labute approximate surface area is 301 Å². The molecular weight excluding hydrogens is 826 g/mol. The van der Waals surface area contributed by atoms with Crippen molar-refractivity contribution in [1.82, 2.24) is 4.57 Å². The van der Waals surface area contributed by atoms with E-state index < -0.39 is 13.3 Å². The van der Waals surface area contributed by atoms with Crippen LogP contribution in [0.3, 0.4) is 0 Å². The van der Waals surface area contributed by atoms with Crippen molar-refractivity contribution >= 4 is 50.2 Å². The molecule has 1 aromatic heterocycles. The van der Waals surface area contributed by atoms with Crippen LogP contribution in [0.5, 0.6) is 0 Å². The SMILES string of the molecule is CC1(C)c2ccc[c-]c2N2c3[c-]ccc[c]3[Ge]([CH3])([CH3])[c]3cccc1c32.Cc1ccc(-[n+]2[c-]n(-c3[c-]cccc3)c3ccccc32)cc1.[Pt+4]. The number of hydrogen-bond donors (Lipinski definition) is 0. The van der Waals surface area contributed by atoms with Crippen molar-refractivity contribution in [3.63, 3.8) is 0 Å². The van der Waals surface area contributed by atoms with Gasteiger partial charge in [-0.15, -0.1) is 0 Å². The predicted molar refractivity (Wildman–Crippen MR) is 195 cm³/mol. The number of imidazole rings is 1. The van der Waals surface area contributed by atoms with Gasteiger partial charge in [-0.2, -0.15) is 30.3 Å². The van der Waals surface area contributed by atoms with E-state index in [9.17, 15) is 0 Å². The molecule has 0 radical (unpaired) electrons. The zero-order valence-electron chi connectivity index (χ0n) is 27.8. The third-order valence-corrected chi connectivity index (χ3v) is 17.2. The van der Waals surface area contributed by atoms with Gasteiger partial charge in [-0.05, 0) is 24.7 Å². The van der Waals surface area contributed by atoms with Crippen molar-refractivity contribution in [2.45, 2.75) is 37.7 Å². The first-order valence-electron chi connectivity index (χ1n) is 16.2. The zero-order chi connectivity index (χ0) is 32.3. The first-order valence-corrected chi connectivity index (χ1v) is 22.5. The average Bonchev–Trinajstić information content (AvgIpc) is 3.49. The molecule has 2 aliphatic rings. The van der Waals surface area contributed by atoms with Crippen LogP contribution < -0.4 is 18.3 Å². The van der Waals surface area contributed by atoms with Crippen LogP contribution in [0.15, 0.2) is 127 Å². The van der Waals surface area contributed by atoms with E-state index in [1.54, 1.807) is 4.40 Å². The Bertz CT molecular complexity index is 2190. The Balaban J connectivity index is 0.000000150. The standard InChI is InChI=1S/C23H21GeN.C20H15N2.Pt/c1-23(2)16-10-5-7-14-20(16)25-21-15-8-6-12-18(21)24(3,4)19-13-9-11-17(23)22(19)25;1-16-11-13-18(14-12-16)22-15-21(17-7-3-2-4-8-17)19-9-5-6-10-20(19)22;/h5-13H,1-4H3;2-7,9-14H,1H3;/q-2;-1;+4. The van der Waals surface area contributed by atoms with Gasteiger partial charge in [-0.25, -0.2) is 0 Å². The second kappa shape index (κ2) is 12.4. The fourth-order valence-electron chi connectivity index (χ4n) is 7.30. The first kappa shape index (κ1) is 32.4. The van der Waals surface area contributed by atoms with Gasteiger partial charge in [0.2, 0.25) is 0 Å². The van der Waals surface area contributed by atoms with Crippen molar-refractivity contribution in [1.29, 1.82) is 0 Å². The van der Waals surface area contributed by atoms with Gasteiger partial charge in [0.25, 0.3) is 6.33 Å². The summed E-state index contributed by atoms with van der Waals surface area (Å²) in [4.78, 5) is 2.43. The smallest absolute Gasteiger partial charge is 0.315 e. The van der Waals surface area contributed by atoms with Crippen LogP contribution in [-0.2, 0) is 26.5 Å². The minimum atomic E-state index is -2.36. The Morgan fingerprint density at radius 1 is 0.646 bits per heavy atom. The molecule has 0 bridgehead atoms. The summed E-state index contributed by atoms with van der Waals surface area (Å²) < 4.78 is 7.22. The molecule has 3 heterocycles. The molecule has 0 unspecified atom stereocenters. The summed E-state index contributed by atoms with van der Waals surface area (Å²) in [6.07, 6.45) is 3.44. The Morgan fingerprint density at radius 2 is 1.31 bits per heavy atom. The second-order valence-electron chi connectivity index (χ2n) is 13.5. The summed E-state index contributed by atoms with van der Waals surface area (Å²) in [6, 6.07) is 55.0. The van der Waals surface area contributed by atoms with Gasteiger partial charge in [0.15, 0.2) is 0 Å². The van der Waals surface area contributed by atoms with Gasteiger partial charge in [0.05, 0.1) is 16.7 Å². The number of rotatable bonds is 2. The Morgan fingerprint density at radius 3 is 2.08 bits per heavy atom. The van der Waals surface area contributed by atoms with Crippen molar-refractivity contribution < 1.29 is 25.6 Å². The fourth-order valence-corrected chi connectivity index (χ4v) is 13.4. The van der Waals surface area contributed by atoms with E-state index >= 15 is 0 Å². The number of hydrogen-bond acceptors (Lipinski definition) is 1. The van der Waals surface area contributed by atoms with Crippen molar-refractivity contribution in [2.75, 3.05) is 4.90 Å². The van der Waals surface area contributed by atoms with Crippen LogP contribution in [0, 0.1) is 31.5 Å². The van der Waals surface area contributed by atoms with Gasteiger partial charge in [0, 0.05) is 0 Å². The minimum absolute atomic E-state index is 0. The Kier molecular flexibility index (Phi) is 8.34. The van der Waals surface area contributed by atoms with E-state index in [2.05, 4.69) is 162 Å². The molecule has 0 amide bonds. The topological polar surface area (TPSA) is 12.1 Å². The summed E-state index contributed by atoms with van der Waals surface area (Å²) in [6.45, 7) is 6.79. The van der Waals surface area contributed by atoms with Crippen molar-refractivity contribution in [3.05, 3.63) is 169 Å². The number of para-hydroxylation sites is 6. The predicted octanol–water partition coefficient (Wildman–Crippen LogP) is 8.35. The van der Waals surface area contributed by atoms with Gasteiger partial charge >= 0.3 is 174 Å². The van der Waals surface area contributed by atoms with Crippen LogP contribution in [-0.4, -0.2) is 17.8 Å². The molecule has 48 heavy (non-hydrogen) atoms. The van der Waals surface area contributed by atoms with Crippen molar-refractivity contribution in [2.24, 2.45) is 0 Å². The molecule has 0 atom stereocenters. The van der Waals surface area contributed by atoms with E-state index in [0.29, 0.717) is 0 Å².